The number of rotatable bonds is 7. The third-order valence-corrected chi connectivity index (χ3v) is 5.53. The van der Waals surface area contributed by atoms with Gasteiger partial charge in [-0.25, -0.2) is 0 Å². The molecule has 27 heavy (non-hydrogen) atoms. The molecule has 6 nitrogen and oxygen atoms in total. The molecule has 1 aliphatic rings. The molecule has 2 amide bonds. The van der Waals surface area contributed by atoms with E-state index in [9.17, 15) is 9.59 Å². The van der Waals surface area contributed by atoms with Crippen LogP contribution in [0.2, 0.25) is 0 Å². The van der Waals surface area contributed by atoms with Gasteiger partial charge in [0.1, 0.15) is 25.7 Å². The van der Waals surface area contributed by atoms with Gasteiger partial charge in [0.2, 0.25) is 5.91 Å². The number of thiophene rings is 1. The first-order valence-corrected chi connectivity index (χ1v) is 10.1. The van der Waals surface area contributed by atoms with Gasteiger partial charge in [0.05, 0.1) is 24.6 Å². The van der Waals surface area contributed by atoms with Gasteiger partial charge in [-0.05, 0) is 23.9 Å². The number of hydrogen-bond acceptors (Lipinski definition) is 4. The van der Waals surface area contributed by atoms with E-state index >= 15 is 0 Å². The first-order valence-electron chi connectivity index (χ1n) is 9.21. The minimum atomic E-state index is -0.217. The number of carbonyl (C=O) groups is 2. The van der Waals surface area contributed by atoms with Crippen molar-refractivity contribution >= 4 is 23.2 Å². The van der Waals surface area contributed by atoms with E-state index < -0.39 is 0 Å². The van der Waals surface area contributed by atoms with Crippen LogP contribution in [-0.4, -0.2) is 51.2 Å². The smallest absolute Gasteiger partial charge is 0.261 e. The molecule has 144 valence electrons. The zero-order valence-corrected chi connectivity index (χ0v) is 16.3. The first-order chi connectivity index (χ1) is 13.1. The van der Waals surface area contributed by atoms with Gasteiger partial charge in [-0.2, -0.15) is 0 Å². The quantitative estimate of drug-likeness (QED) is 0.649. The van der Waals surface area contributed by atoms with Crippen LogP contribution in [-0.2, 0) is 9.53 Å². The monoisotopic (exact) mass is 388 g/mol. The summed E-state index contributed by atoms with van der Waals surface area (Å²) in [6.45, 7) is 6.20. The molecule has 3 N–H and O–H groups in total. The number of hydrogen-bond donors (Lipinski definition) is 3. The van der Waals surface area contributed by atoms with Crippen molar-refractivity contribution in [1.29, 1.82) is 0 Å². The lowest BCUT2D eigenvalue weighted by molar-refractivity contribution is -0.909. The Balaban J connectivity index is 1.60. The molecular formula is C20H26N3O3S+. The Bertz CT molecular complexity index is 740. The molecular weight excluding hydrogens is 362 g/mol. The maximum absolute atomic E-state index is 12.5. The van der Waals surface area contributed by atoms with Crippen molar-refractivity contribution in [2.24, 2.45) is 0 Å². The summed E-state index contributed by atoms with van der Waals surface area (Å²) in [5.41, 5.74) is 2.27. The van der Waals surface area contributed by atoms with Crippen LogP contribution in [0.4, 0.5) is 0 Å². The lowest BCUT2D eigenvalue weighted by Crippen LogP contribution is -3.14. The van der Waals surface area contributed by atoms with Crippen molar-refractivity contribution in [3.8, 4) is 0 Å². The molecule has 2 heterocycles. The maximum atomic E-state index is 12.5. The average Bonchev–Trinajstić information content (AvgIpc) is 3.22. The lowest BCUT2D eigenvalue weighted by Gasteiger charge is -2.28. The van der Waals surface area contributed by atoms with Crippen LogP contribution in [0.15, 0.2) is 41.8 Å². The standard InChI is InChI=1S/C20H25N3O3S/c1-15-4-6-16(7-5-15)17(14-23-8-10-26-11-9-23)22-19(24)13-21-20(25)18-3-2-12-27-18/h2-7,12,17H,8-11,13-14H2,1H3,(H,21,25)(H,22,24)/p+1/t17-/m1/s1. The van der Waals surface area contributed by atoms with Crippen LogP contribution in [0.3, 0.4) is 0 Å². The van der Waals surface area contributed by atoms with Crippen LogP contribution >= 0.6 is 11.3 Å². The summed E-state index contributed by atoms with van der Waals surface area (Å²) >= 11 is 1.36. The summed E-state index contributed by atoms with van der Waals surface area (Å²) in [6.07, 6.45) is 0. The van der Waals surface area contributed by atoms with Gasteiger partial charge >= 0.3 is 0 Å². The Morgan fingerprint density at radius 3 is 2.59 bits per heavy atom. The molecule has 1 aromatic heterocycles. The highest BCUT2D eigenvalue weighted by Crippen LogP contribution is 2.13. The number of morpholine rings is 1. The molecule has 1 atom stereocenters. The number of benzene rings is 1. The number of carbonyl (C=O) groups excluding carboxylic acids is 2. The van der Waals surface area contributed by atoms with E-state index in [1.54, 1.807) is 6.07 Å². The molecule has 2 aromatic rings. The minimum absolute atomic E-state index is 0.0302. The van der Waals surface area contributed by atoms with Crippen LogP contribution in [0.1, 0.15) is 26.8 Å². The Morgan fingerprint density at radius 1 is 1.19 bits per heavy atom. The molecule has 1 fully saturated rings. The van der Waals surface area contributed by atoms with Crippen LogP contribution in [0.25, 0.3) is 0 Å². The largest absolute Gasteiger partial charge is 0.370 e. The zero-order valence-electron chi connectivity index (χ0n) is 15.5. The first kappa shape index (κ1) is 19.5. The Labute approximate surface area is 163 Å². The number of quaternary nitrogens is 1. The number of amides is 2. The second-order valence-electron chi connectivity index (χ2n) is 6.76. The Hall–Kier alpha value is -2.22. The highest BCUT2D eigenvalue weighted by Gasteiger charge is 2.23. The van der Waals surface area contributed by atoms with Gasteiger partial charge in [0.25, 0.3) is 5.91 Å². The number of ether oxygens (including phenoxy) is 1. The van der Waals surface area contributed by atoms with E-state index in [2.05, 4.69) is 34.9 Å². The SMILES string of the molecule is Cc1ccc([C@@H](C[NH+]2CCOCC2)NC(=O)CNC(=O)c2cccs2)cc1. The zero-order chi connectivity index (χ0) is 19.1. The van der Waals surface area contributed by atoms with Gasteiger partial charge in [0.15, 0.2) is 0 Å². The molecule has 0 bridgehead atoms. The minimum Gasteiger partial charge on any atom is -0.370 e. The van der Waals surface area contributed by atoms with Crippen LogP contribution < -0.4 is 15.5 Å². The highest BCUT2D eigenvalue weighted by atomic mass is 32.1. The molecule has 7 heteroatoms. The van der Waals surface area contributed by atoms with Gasteiger partial charge in [0, 0.05) is 0 Å². The summed E-state index contributed by atoms with van der Waals surface area (Å²) in [6, 6.07) is 11.7. The summed E-state index contributed by atoms with van der Waals surface area (Å²) in [7, 11) is 0. The van der Waals surface area contributed by atoms with E-state index in [0.717, 1.165) is 38.4 Å². The summed E-state index contributed by atoms with van der Waals surface area (Å²) in [4.78, 5) is 26.5. The number of nitrogens with one attached hydrogen (secondary N) is 3. The second kappa shape index (κ2) is 9.64. The number of aryl methyl sites for hydroxylation is 1. The fourth-order valence-corrected chi connectivity index (χ4v) is 3.74. The third kappa shape index (κ3) is 5.89. The fraction of sp³-hybridized carbons (Fsp3) is 0.400. The fourth-order valence-electron chi connectivity index (χ4n) is 3.10. The third-order valence-electron chi connectivity index (χ3n) is 4.66. The van der Waals surface area contributed by atoms with Crippen molar-refractivity contribution in [2.75, 3.05) is 39.4 Å². The molecule has 0 spiro atoms. The molecule has 0 unspecified atom stereocenters. The van der Waals surface area contributed by atoms with Crippen molar-refractivity contribution in [3.05, 3.63) is 57.8 Å². The molecule has 0 saturated carbocycles. The Kier molecular flexibility index (Phi) is 6.98. The summed E-state index contributed by atoms with van der Waals surface area (Å²) in [5.74, 6) is -0.399. The van der Waals surface area contributed by atoms with E-state index in [1.165, 1.54) is 21.8 Å². The van der Waals surface area contributed by atoms with Crippen LogP contribution in [0.5, 0.6) is 0 Å². The highest BCUT2D eigenvalue weighted by molar-refractivity contribution is 7.12. The van der Waals surface area contributed by atoms with Crippen molar-refractivity contribution in [1.82, 2.24) is 10.6 Å². The molecule has 1 aliphatic heterocycles. The summed E-state index contributed by atoms with van der Waals surface area (Å²) in [5, 5.41) is 7.62. The molecule has 0 radical (unpaired) electrons. The summed E-state index contributed by atoms with van der Waals surface area (Å²) < 4.78 is 5.43. The van der Waals surface area contributed by atoms with Gasteiger partial charge in [-0.3, -0.25) is 9.59 Å². The second-order valence-corrected chi connectivity index (χ2v) is 7.70. The van der Waals surface area contributed by atoms with Gasteiger partial charge in [-0.1, -0.05) is 35.9 Å². The van der Waals surface area contributed by atoms with Crippen molar-refractivity contribution in [3.63, 3.8) is 0 Å². The van der Waals surface area contributed by atoms with E-state index in [-0.39, 0.29) is 24.4 Å². The van der Waals surface area contributed by atoms with E-state index in [4.69, 9.17) is 4.74 Å². The molecule has 3 rings (SSSR count). The normalized spacial score (nSPS) is 15.9. The average molecular weight is 389 g/mol. The van der Waals surface area contributed by atoms with E-state index in [1.807, 2.05) is 18.4 Å². The van der Waals surface area contributed by atoms with Gasteiger partial charge < -0.3 is 20.3 Å². The predicted octanol–water partition coefficient (Wildman–Crippen LogP) is 0.559. The predicted molar refractivity (Wildman–Crippen MR) is 105 cm³/mol. The molecule has 1 aromatic carbocycles. The topological polar surface area (TPSA) is 71.9 Å². The van der Waals surface area contributed by atoms with E-state index in [0.29, 0.717) is 4.88 Å². The molecule has 1 saturated heterocycles. The van der Waals surface area contributed by atoms with Gasteiger partial charge in [-0.15, -0.1) is 11.3 Å². The van der Waals surface area contributed by atoms with Crippen molar-refractivity contribution < 1.29 is 19.2 Å². The molecule has 0 aliphatic carbocycles. The van der Waals surface area contributed by atoms with Crippen molar-refractivity contribution in [2.45, 2.75) is 13.0 Å². The Morgan fingerprint density at radius 2 is 1.93 bits per heavy atom. The van der Waals surface area contributed by atoms with Crippen LogP contribution in [0, 0.1) is 6.92 Å². The maximum Gasteiger partial charge on any atom is 0.261 e. The lowest BCUT2D eigenvalue weighted by atomic mass is 10.0.